The van der Waals surface area contributed by atoms with Gasteiger partial charge in [-0.15, -0.1) is 0 Å². The molecular weight excluding hydrogens is 583 g/mol. The van der Waals surface area contributed by atoms with Crippen molar-refractivity contribution in [2.24, 2.45) is 17.1 Å². The minimum absolute atomic E-state index is 0.00735. The molecule has 2 aromatic rings. The van der Waals surface area contributed by atoms with Crippen LogP contribution in [-0.2, 0) is 29.1 Å². The van der Waals surface area contributed by atoms with Crippen LogP contribution in [0.1, 0.15) is 73.3 Å². The van der Waals surface area contributed by atoms with Gasteiger partial charge in [-0.3, -0.25) is 4.79 Å². The Morgan fingerprint density at radius 1 is 1.05 bits per heavy atom. The summed E-state index contributed by atoms with van der Waals surface area (Å²) in [5.41, 5.74) is 8.33. The highest BCUT2D eigenvalue weighted by atomic mass is 32.2. The number of fused-ring (bicyclic) bond motifs is 3. The maximum Gasteiger partial charge on any atom is 0.317 e. The van der Waals surface area contributed by atoms with E-state index in [9.17, 15) is 18.0 Å². The SMILES string of the molecule is CN1CCN(C(=O)NC2CCC(CNc3cc(-n4c5c(c6c4CC(C)(C)CS6(=O)=O)CCC5)cc(F)c3C(N)=O)CC2)CC1. The maximum absolute atomic E-state index is 15.6. The Kier molecular flexibility index (Phi) is 8.19. The normalized spacial score (nSPS) is 24.4. The maximum atomic E-state index is 15.6. The van der Waals surface area contributed by atoms with Crippen LogP contribution < -0.4 is 16.4 Å². The van der Waals surface area contributed by atoms with Gasteiger partial charge in [0.2, 0.25) is 0 Å². The zero-order valence-corrected chi connectivity index (χ0v) is 26.9. The molecule has 10 nitrogen and oxygen atoms in total. The number of primary amides is 1. The number of aromatic nitrogens is 1. The van der Waals surface area contributed by atoms with Gasteiger partial charge >= 0.3 is 6.03 Å². The van der Waals surface area contributed by atoms with Crippen molar-refractivity contribution < 1.29 is 22.4 Å². The molecule has 6 rings (SSSR count). The van der Waals surface area contributed by atoms with Gasteiger partial charge in [0.25, 0.3) is 5.91 Å². The molecule has 240 valence electrons. The van der Waals surface area contributed by atoms with E-state index < -0.39 is 27.0 Å². The molecule has 1 aromatic heterocycles. The summed E-state index contributed by atoms with van der Waals surface area (Å²) in [7, 11) is -1.42. The molecule has 2 aliphatic carbocycles. The van der Waals surface area contributed by atoms with Crippen molar-refractivity contribution in [2.45, 2.75) is 76.2 Å². The standard InChI is InChI=1S/C32H45FN6O4S/c1-32(2)17-27-29(44(42,43)19-32)23-5-4-6-26(23)39(27)22-15-24(33)28(30(34)40)25(16-22)35-18-20-7-9-21(10-8-20)36-31(41)38-13-11-37(3)12-14-38/h15-16,20-21,35H,4-14,17-19H2,1-3H3,(H2,34,40)(H,36,41). The van der Waals surface area contributed by atoms with E-state index in [0.717, 1.165) is 76.0 Å². The summed E-state index contributed by atoms with van der Waals surface area (Å²) < 4.78 is 44.4. The van der Waals surface area contributed by atoms with Crippen molar-refractivity contribution in [3.05, 3.63) is 40.5 Å². The fourth-order valence-corrected chi connectivity index (χ4v) is 10.1. The van der Waals surface area contributed by atoms with Crippen LogP contribution in [0.5, 0.6) is 0 Å². The highest BCUT2D eigenvalue weighted by Crippen LogP contribution is 2.44. The number of urea groups is 1. The molecule has 2 fully saturated rings. The van der Waals surface area contributed by atoms with Crippen LogP contribution >= 0.6 is 0 Å². The fourth-order valence-electron chi connectivity index (χ4n) is 7.74. The molecule has 12 heteroatoms. The Balaban J connectivity index is 1.20. The van der Waals surface area contributed by atoms with Crippen LogP contribution in [0.3, 0.4) is 0 Å². The van der Waals surface area contributed by atoms with Gasteiger partial charge in [-0.05, 0) is 87.4 Å². The third kappa shape index (κ3) is 5.94. The summed E-state index contributed by atoms with van der Waals surface area (Å²) in [6.45, 7) is 7.67. The number of nitrogens with one attached hydrogen (secondary N) is 2. The Morgan fingerprint density at radius 2 is 1.75 bits per heavy atom. The van der Waals surface area contributed by atoms with Gasteiger partial charge < -0.3 is 30.7 Å². The predicted octanol–water partition coefficient (Wildman–Crippen LogP) is 3.49. The Morgan fingerprint density at radius 3 is 2.43 bits per heavy atom. The molecular formula is C32H45FN6O4S. The number of amides is 3. The number of rotatable bonds is 6. The van der Waals surface area contributed by atoms with Crippen molar-refractivity contribution in [1.82, 2.24) is 19.7 Å². The number of carbonyl (C=O) groups is 2. The van der Waals surface area contributed by atoms with E-state index in [1.165, 1.54) is 6.07 Å². The average molecular weight is 629 g/mol. The summed E-state index contributed by atoms with van der Waals surface area (Å²) in [6, 6.07) is 3.20. The van der Waals surface area contributed by atoms with E-state index in [1.807, 2.05) is 23.3 Å². The summed E-state index contributed by atoms with van der Waals surface area (Å²) in [6.07, 6.45) is 6.31. The van der Waals surface area contributed by atoms with E-state index in [-0.39, 0.29) is 29.3 Å². The van der Waals surface area contributed by atoms with E-state index >= 15 is 4.39 Å². The van der Waals surface area contributed by atoms with Crippen LogP contribution in [0, 0.1) is 17.2 Å². The van der Waals surface area contributed by atoms with Gasteiger partial charge in [0.1, 0.15) is 5.82 Å². The highest BCUT2D eigenvalue weighted by molar-refractivity contribution is 7.91. The second kappa shape index (κ2) is 11.7. The monoisotopic (exact) mass is 628 g/mol. The van der Waals surface area contributed by atoms with E-state index in [1.54, 1.807) is 6.07 Å². The number of anilines is 1. The molecule has 1 saturated heterocycles. The Bertz CT molecular complexity index is 1570. The third-order valence-corrected chi connectivity index (χ3v) is 12.2. The minimum atomic E-state index is -3.48. The average Bonchev–Trinajstić information content (AvgIpc) is 3.51. The smallest absolute Gasteiger partial charge is 0.317 e. The number of piperazine rings is 1. The number of halogens is 1. The first-order valence-corrected chi connectivity index (χ1v) is 17.6. The number of carbonyl (C=O) groups excluding carboxylic acids is 2. The van der Waals surface area contributed by atoms with Crippen molar-refractivity contribution in [3.8, 4) is 5.69 Å². The van der Waals surface area contributed by atoms with Gasteiger partial charge in [-0.1, -0.05) is 13.8 Å². The Hall–Kier alpha value is -3.12. The summed E-state index contributed by atoms with van der Waals surface area (Å²) >= 11 is 0. The van der Waals surface area contributed by atoms with Crippen molar-refractivity contribution >= 4 is 27.5 Å². The zero-order chi connectivity index (χ0) is 31.4. The van der Waals surface area contributed by atoms with Crippen LogP contribution in [0.25, 0.3) is 5.69 Å². The molecule has 44 heavy (non-hydrogen) atoms. The molecule has 2 aliphatic heterocycles. The summed E-state index contributed by atoms with van der Waals surface area (Å²) in [5.74, 6) is -1.20. The first kappa shape index (κ1) is 30.9. The van der Waals surface area contributed by atoms with Crippen LogP contribution in [0.4, 0.5) is 14.9 Å². The molecule has 0 atom stereocenters. The highest BCUT2D eigenvalue weighted by Gasteiger charge is 2.42. The lowest BCUT2D eigenvalue weighted by molar-refractivity contribution is 0.0997. The van der Waals surface area contributed by atoms with Crippen molar-refractivity contribution in [3.63, 3.8) is 0 Å². The molecule has 3 heterocycles. The predicted molar refractivity (Wildman–Crippen MR) is 168 cm³/mol. The summed E-state index contributed by atoms with van der Waals surface area (Å²) in [4.78, 5) is 29.6. The van der Waals surface area contributed by atoms with Gasteiger partial charge in [-0.25, -0.2) is 17.6 Å². The Labute approximate surface area is 259 Å². The van der Waals surface area contributed by atoms with Crippen molar-refractivity contribution in [2.75, 3.05) is 50.8 Å². The number of likely N-dealkylation sites (N-methyl/N-ethyl adjacent to an activating group) is 1. The van der Waals surface area contributed by atoms with E-state index in [4.69, 9.17) is 5.73 Å². The first-order valence-electron chi connectivity index (χ1n) is 15.9. The minimum Gasteiger partial charge on any atom is -0.384 e. The van der Waals surface area contributed by atoms with Gasteiger partial charge in [0.15, 0.2) is 9.84 Å². The molecule has 0 bridgehead atoms. The first-order chi connectivity index (χ1) is 20.8. The molecule has 0 spiro atoms. The van der Waals surface area contributed by atoms with E-state index in [2.05, 4.69) is 22.6 Å². The molecule has 0 radical (unpaired) electrons. The van der Waals surface area contributed by atoms with Gasteiger partial charge in [0, 0.05) is 50.2 Å². The second-order valence-electron chi connectivity index (χ2n) is 14.0. The van der Waals surface area contributed by atoms with E-state index in [0.29, 0.717) is 41.4 Å². The quantitative estimate of drug-likeness (QED) is 0.449. The van der Waals surface area contributed by atoms with Crippen LogP contribution in [0.15, 0.2) is 17.0 Å². The lowest BCUT2D eigenvalue weighted by Gasteiger charge is -2.35. The van der Waals surface area contributed by atoms with Crippen LogP contribution in [0.2, 0.25) is 0 Å². The largest absolute Gasteiger partial charge is 0.384 e. The fraction of sp³-hybridized carbons (Fsp3) is 0.625. The van der Waals surface area contributed by atoms with Gasteiger partial charge in [0.05, 0.1) is 27.6 Å². The number of hydrogen-bond donors (Lipinski definition) is 3. The lowest BCUT2D eigenvalue weighted by Crippen LogP contribution is -2.53. The molecule has 0 unspecified atom stereocenters. The number of sulfone groups is 1. The van der Waals surface area contributed by atoms with Crippen LogP contribution in [-0.4, -0.2) is 86.3 Å². The lowest BCUT2D eigenvalue weighted by atomic mass is 9.86. The summed E-state index contributed by atoms with van der Waals surface area (Å²) in [5, 5.41) is 6.53. The molecule has 1 saturated carbocycles. The molecule has 3 amide bonds. The zero-order valence-electron chi connectivity index (χ0n) is 26.0. The molecule has 4 N–H and O–H groups in total. The number of hydrogen-bond acceptors (Lipinski definition) is 6. The number of benzene rings is 1. The van der Waals surface area contributed by atoms with Gasteiger partial charge in [-0.2, -0.15) is 0 Å². The molecule has 4 aliphatic rings. The topological polar surface area (TPSA) is 130 Å². The van der Waals surface area contributed by atoms with Crippen molar-refractivity contribution in [1.29, 1.82) is 0 Å². The molecule has 1 aromatic carbocycles. The second-order valence-corrected chi connectivity index (χ2v) is 16.0. The number of nitrogens with zero attached hydrogens (tertiary/aromatic N) is 3. The number of nitrogens with two attached hydrogens (primary N) is 1. The third-order valence-electron chi connectivity index (χ3n) is 9.93.